The molecule has 0 fully saturated rings. The largest absolute Gasteiger partial charge is 0.454 e. The highest BCUT2D eigenvalue weighted by atomic mass is 32.2. The van der Waals surface area contributed by atoms with Crippen LogP contribution in [-0.4, -0.2) is 18.2 Å². The first-order chi connectivity index (χ1) is 12.7. The summed E-state index contributed by atoms with van der Waals surface area (Å²) in [4.78, 5) is 1.15. The van der Waals surface area contributed by atoms with Gasteiger partial charge in [-0.1, -0.05) is 24.3 Å². The number of hydrogen-bond acceptors (Lipinski definition) is 4. The molecule has 3 aromatic rings. The minimum atomic E-state index is -0.976. The molecule has 4 rings (SSSR count). The molecule has 26 heavy (non-hydrogen) atoms. The van der Waals surface area contributed by atoms with Gasteiger partial charge in [0.25, 0.3) is 0 Å². The van der Waals surface area contributed by atoms with Crippen LogP contribution in [-0.2, 0) is 0 Å². The van der Waals surface area contributed by atoms with Crippen LogP contribution in [0.5, 0.6) is 11.5 Å². The topological polar surface area (TPSA) is 38.7 Å². The lowest BCUT2D eigenvalue weighted by atomic mass is 9.92. The molecular weight excluding hydrogens is 351 g/mol. The predicted octanol–water partition coefficient (Wildman–Crippen LogP) is 5.03. The third kappa shape index (κ3) is 3.16. The van der Waals surface area contributed by atoms with E-state index in [2.05, 4.69) is 0 Å². The van der Waals surface area contributed by atoms with Crippen LogP contribution < -0.4 is 9.47 Å². The fourth-order valence-corrected chi connectivity index (χ4v) is 3.47. The average molecular weight is 368 g/mol. The SMILES string of the molecule is CSc1ccc(-c2cc3c(cc2C(O)c2cccc(F)c2)OCO3)cc1. The minimum absolute atomic E-state index is 0.152. The quantitative estimate of drug-likeness (QED) is 0.656. The number of rotatable bonds is 4. The van der Waals surface area contributed by atoms with E-state index in [1.807, 2.05) is 36.6 Å². The Morgan fingerprint density at radius 2 is 1.73 bits per heavy atom. The molecule has 0 saturated carbocycles. The van der Waals surface area contributed by atoms with Crippen molar-refractivity contribution in [2.75, 3.05) is 13.0 Å². The molecule has 0 spiro atoms. The summed E-state index contributed by atoms with van der Waals surface area (Å²) in [6, 6.07) is 17.7. The van der Waals surface area contributed by atoms with Gasteiger partial charge in [-0.25, -0.2) is 4.39 Å². The van der Waals surface area contributed by atoms with Crippen molar-refractivity contribution in [3.63, 3.8) is 0 Å². The van der Waals surface area contributed by atoms with Crippen LogP contribution >= 0.6 is 11.8 Å². The molecule has 1 aliphatic rings. The van der Waals surface area contributed by atoms with Gasteiger partial charge in [0.05, 0.1) is 0 Å². The summed E-state index contributed by atoms with van der Waals surface area (Å²) >= 11 is 1.67. The van der Waals surface area contributed by atoms with Crippen molar-refractivity contribution in [3.05, 3.63) is 77.6 Å². The van der Waals surface area contributed by atoms with Crippen molar-refractivity contribution in [2.24, 2.45) is 0 Å². The van der Waals surface area contributed by atoms with Crippen LogP contribution in [0.1, 0.15) is 17.2 Å². The van der Waals surface area contributed by atoms with E-state index in [9.17, 15) is 9.50 Å². The molecule has 1 unspecified atom stereocenters. The van der Waals surface area contributed by atoms with E-state index in [-0.39, 0.29) is 12.6 Å². The first-order valence-corrected chi connectivity index (χ1v) is 9.39. The molecular formula is C21H17FO3S. The van der Waals surface area contributed by atoms with Gasteiger partial charge in [0.2, 0.25) is 6.79 Å². The van der Waals surface area contributed by atoms with Gasteiger partial charge >= 0.3 is 0 Å². The molecule has 0 aromatic heterocycles. The number of benzene rings is 3. The van der Waals surface area contributed by atoms with Gasteiger partial charge in [-0.05, 0) is 64.9 Å². The number of halogens is 1. The zero-order valence-corrected chi connectivity index (χ0v) is 14.9. The summed E-state index contributed by atoms with van der Waals surface area (Å²) in [5.41, 5.74) is 2.92. The van der Waals surface area contributed by atoms with Gasteiger partial charge in [0.15, 0.2) is 11.5 Å². The minimum Gasteiger partial charge on any atom is -0.454 e. The van der Waals surface area contributed by atoms with E-state index in [0.29, 0.717) is 22.6 Å². The average Bonchev–Trinajstić information content (AvgIpc) is 3.14. The standard InChI is InChI=1S/C21H17FO3S/c1-26-16-7-5-13(6-8-16)17-10-19-20(25-12-24-19)11-18(17)21(23)14-3-2-4-15(22)9-14/h2-11,21,23H,12H2,1H3. The van der Waals surface area contributed by atoms with Crippen molar-refractivity contribution in [1.82, 2.24) is 0 Å². The number of aliphatic hydroxyl groups is 1. The van der Waals surface area contributed by atoms with Crippen molar-refractivity contribution >= 4 is 11.8 Å². The van der Waals surface area contributed by atoms with E-state index < -0.39 is 6.10 Å². The van der Waals surface area contributed by atoms with E-state index in [1.165, 1.54) is 12.1 Å². The lowest BCUT2D eigenvalue weighted by Crippen LogP contribution is -2.03. The summed E-state index contributed by atoms with van der Waals surface area (Å²) in [5.74, 6) is 0.845. The summed E-state index contributed by atoms with van der Waals surface area (Å²) in [6.45, 7) is 0.152. The second kappa shape index (κ2) is 7.02. The number of aliphatic hydroxyl groups excluding tert-OH is 1. The lowest BCUT2D eigenvalue weighted by Gasteiger charge is -2.17. The first-order valence-electron chi connectivity index (χ1n) is 8.17. The molecule has 132 valence electrons. The van der Waals surface area contributed by atoms with E-state index >= 15 is 0 Å². The Kier molecular flexibility index (Phi) is 4.57. The van der Waals surface area contributed by atoms with Crippen LogP contribution in [0.4, 0.5) is 4.39 Å². The Hall–Kier alpha value is -2.50. The van der Waals surface area contributed by atoms with Gasteiger partial charge in [0.1, 0.15) is 11.9 Å². The third-order valence-electron chi connectivity index (χ3n) is 4.40. The normalized spacial score (nSPS) is 13.7. The molecule has 3 nitrogen and oxygen atoms in total. The molecule has 1 N–H and O–H groups in total. The molecule has 0 saturated heterocycles. The van der Waals surface area contributed by atoms with E-state index in [4.69, 9.17) is 9.47 Å². The van der Waals surface area contributed by atoms with Gasteiger partial charge in [-0.3, -0.25) is 0 Å². The summed E-state index contributed by atoms with van der Waals surface area (Å²) in [6.07, 6.45) is 1.05. The number of hydrogen-bond donors (Lipinski definition) is 1. The fraction of sp³-hybridized carbons (Fsp3) is 0.143. The summed E-state index contributed by atoms with van der Waals surface area (Å²) < 4.78 is 24.6. The molecule has 3 aromatic carbocycles. The molecule has 5 heteroatoms. The molecule has 1 atom stereocenters. The Morgan fingerprint density at radius 3 is 2.42 bits per heavy atom. The zero-order valence-electron chi connectivity index (χ0n) is 14.1. The van der Waals surface area contributed by atoms with E-state index in [1.54, 1.807) is 30.0 Å². The summed E-state index contributed by atoms with van der Waals surface area (Å²) in [7, 11) is 0. The van der Waals surface area contributed by atoms with Gasteiger partial charge in [0, 0.05) is 4.90 Å². The monoisotopic (exact) mass is 368 g/mol. The van der Waals surface area contributed by atoms with Crippen LogP contribution in [0.3, 0.4) is 0 Å². The molecule has 0 amide bonds. The smallest absolute Gasteiger partial charge is 0.231 e. The highest BCUT2D eigenvalue weighted by Gasteiger charge is 2.23. The van der Waals surface area contributed by atoms with Gasteiger partial charge < -0.3 is 14.6 Å². The lowest BCUT2D eigenvalue weighted by molar-refractivity contribution is 0.173. The fourth-order valence-electron chi connectivity index (χ4n) is 3.06. The second-order valence-corrected chi connectivity index (χ2v) is 6.86. The van der Waals surface area contributed by atoms with E-state index in [0.717, 1.165) is 16.0 Å². The highest BCUT2D eigenvalue weighted by molar-refractivity contribution is 7.98. The molecule has 0 radical (unpaired) electrons. The third-order valence-corrected chi connectivity index (χ3v) is 5.15. The predicted molar refractivity (Wildman–Crippen MR) is 100 cm³/mol. The Labute approximate surface area is 155 Å². The number of thioether (sulfide) groups is 1. The summed E-state index contributed by atoms with van der Waals surface area (Å²) in [5, 5.41) is 10.9. The van der Waals surface area contributed by atoms with Crippen molar-refractivity contribution in [3.8, 4) is 22.6 Å². The molecule has 1 aliphatic heterocycles. The molecule has 0 bridgehead atoms. The second-order valence-electron chi connectivity index (χ2n) is 5.98. The van der Waals surface area contributed by atoms with Crippen molar-refractivity contribution in [2.45, 2.75) is 11.0 Å². The van der Waals surface area contributed by atoms with Crippen LogP contribution in [0.15, 0.2) is 65.6 Å². The molecule has 0 aliphatic carbocycles. The van der Waals surface area contributed by atoms with Crippen LogP contribution in [0.2, 0.25) is 0 Å². The maximum absolute atomic E-state index is 13.6. The van der Waals surface area contributed by atoms with Crippen molar-refractivity contribution < 1.29 is 19.0 Å². The van der Waals surface area contributed by atoms with Crippen LogP contribution in [0, 0.1) is 5.82 Å². The maximum atomic E-state index is 13.6. The van der Waals surface area contributed by atoms with Gasteiger partial charge in [-0.2, -0.15) is 0 Å². The zero-order chi connectivity index (χ0) is 18.1. The van der Waals surface area contributed by atoms with Crippen molar-refractivity contribution in [1.29, 1.82) is 0 Å². The number of fused-ring (bicyclic) bond motifs is 1. The Morgan fingerprint density at radius 1 is 1.00 bits per heavy atom. The Bertz CT molecular complexity index is 940. The Balaban J connectivity index is 1.84. The van der Waals surface area contributed by atoms with Gasteiger partial charge in [-0.15, -0.1) is 11.8 Å². The number of ether oxygens (including phenoxy) is 2. The molecule has 1 heterocycles. The maximum Gasteiger partial charge on any atom is 0.231 e. The van der Waals surface area contributed by atoms with Crippen LogP contribution in [0.25, 0.3) is 11.1 Å². The first kappa shape index (κ1) is 16.9. The highest BCUT2D eigenvalue weighted by Crippen LogP contribution is 2.42.